The van der Waals surface area contributed by atoms with Gasteiger partial charge in [-0.1, -0.05) is 42.8 Å². The molecule has 0 spiro atoms. The summed E-state index contributed by atoms with van der Waals surface area (Å²) in [4.78, 5) is 0. The number of rotatable bonds is 4. The lowest BCUT2D eigenvalue weighted by molar-refractivity contribution is 0.419. The van der Waals surface area contributed by atoms with E-state index < -0.39 is 0 Å². The standard InChI is InChI=1S/C18H20FN/c1-20-18(16-6-3-7-17(19)12-16)15-10-8-14(9-11-15)13-4-2-5-13/h3,6-13,18,20H,2,4-5H2,1H3. The highest BCUT2D eigenvalue weighted by atomic mass is 19.1. The van der Waals surface area contributed by atoms with Gasteiger partial charge in [0.25, 0.3) is 0 Å². The Hall–Kier alpha value is -1.67. The normalized spacial score (nSPS) is 16.7. The van der Waals surface area contributed by atoms with Crippen molar-refractivity contribution in [3.63, 3.8) is 0 Å². The molecule has 1 nitrogen and oxygen atoms in total. The van der Waals surface area contributed by atoms with E-state index in [2.05, 4.69) is 29.6 Å². The van der Waals surface area contributed by atoms with E-state index in [1.807, 2.05) is 13.1 Å². The van der Waals surface area contributed by atoms with E-state index in [1.165, 1.54) is 36.5 Å². The minimum Gasteiger partial charge on any atom is -0.309 e. The maximum Gasteiger partial charge on any atom is 0.123 e. The maximum atomic E-state index is 13.4. The SMILES string of the molecule is CNC(c1ccc(C2CCC2)cc1)c1cccc(F)c1. The molecular formula is C18H20FN. The molecule has 1 N–H and O–H groups in total. The molecule has 0 radical (unpaired) electrons. The van der Waals surface area contributed by atoms with E-state index >= 15 is 0 Å². The van der Waals surface area contributed by atoms with Gasteiger partial charge in [0, 0.05) is 0 Å². The van der Waals surface area contributed by atoms with E-state index in [0.29, 0.717) is 0 Å². The number of halogens is 1. The third-order valence-corrected chi connectivity index (χ3v) is 4.32. The second-order valence-corrected chi connectivity index (χ2v) is 5.57. The summed E-state index contributed by atoms with van der Waals surface area (Å²) in [6.07, 6.45) is 3.99. The van der Waals surface area contributed by atoms with Crippen LogP contribution in [-0.4, -0.2) is 7.05 Å². The van der Waals surface area contributed by atoms with Gasteiger partial charge in [-0.05, 0) is 54.6 Å². The molecule has 0 bridgehead atoms. The Morgan fingerprint density at radius 2 is 1.80 bits per heavy atom. The van der Waals surface area contributed by atoms with Crippen LogP contribution in [0.25, 0.3) is 0 Å². The van der Waals surface area contributed by atoms with Crippen LogP contribution in [0.15, 0.2) is 48.5 Å². The fourth-order valence-corrected chi connectivity index (χ4v) is 2.91. The molecule has 0 saturated heterocycles. The number of benzene rings is 2. The first-order valence-corrected chi connectivity index (χ1v) is 7.30. The third kappa shape index (κ3) is 2.61. The summed E-state index contributed by atoms with van der Waals surface area (Å²) in [6.45, 7) is 0. The summed E-state index contributed by atoms with van der Waals surface area (Å²) in [6, 6.07) is 15.6. The molecule has 0 amide bonds. The van der Waals surface area contributed by atoms with Crippen LogP contribution in [0.5, 0.6) is 0 Å². The van der Waals surface area contributed by atoms with Crippen molar-refractivity contribution in [1.82, 2.24) is 5.32 Å². The van der Waals surface area contributed by atoms with Crippen molar-refractivity contribution >= 4 is 0 Å². The first-order valence-electron chi connectivity index (χ1n) is 7.30. The Bertz CT molecular complexity index is 572. The third-order valence-electron chi connectivity index (χ3n) is 4.32. The zero-order valence-electron chi connectivity index (χ0n) is 11.8. The topological polar surface area (TPSA) is 12.0 Å². The molecule has 2 heteroatoms. The summed E-state index contributed by atoms with van der Waals surface area (Å²) < 4.78 is 13.4. The largest absolute Gasteiger partial charge is 0.309 e. The number of nitrogens with one attached hydrogen (secondary N) is 1. The van der Waals surface area contributed by atoms with Crippen LogP contribution < -0.4 is 5.32 Å². The van der Waals surface area contributed by atoms with Gasteiger partial charge in [0.1, 0.15) is 5.82 Å². The monoisotopic (exact) mass is 269 g/mol. The summed E-state index contributed by atoms with van der Waals surface area (Å²) in [5.74, 6) is 0.570. The molecule has 1 saturated carbocycles. The molecule has 104 valence electrons. The van der Waals surface area contributed by atoms with Crippen LogP contribution in [0.3, 0.4) is 0 Å². The molecule has 1 unspecified atom stereocenters. The number of hydrogen-bond acceptors (Lipinski definition) is 1. The summed E-state index contributed by atoms with van der Waals surface area (Å²) in [5, 5.41) is 3.27. The molecule has 0 aromatic heterocycles. The Labute approximate surface area is 119 Å². The van der Waals surface area contributed by atoms with Crippen molar-refractivity contribution in [3.8, 4) is 0 Å². The fraction of sp³-hybridized carbons (Fsp3) is 0.333. The molecule has 1 fully saturated rings. The van der Waals surface area contributed by atoms with E-state index in [9.17, 15) is 4.39 Å². The van der Waals surface area contributed by atoms with Crippen molar-refractivity contribution in [2.24, 2.45) is 0 Å². The first-order chi connectivity index (χ1) is 9.78. The average molecular weight is 269 g/mol. The Balaban J connectivity index is 1.85. The van der Waals surface area contributed by atoms with Gasteiger partial charge in [-0.3, -0.25) is 0 Å². The highest BCUT2D eigenvalue weighted by molar-refractivity contribution is 5.35. The zero-order chi connectivity index (χ0) is 13.9. The Morgan fingerprint density at radius 1 is 1.05 bits per heavy atom. The van der Waals surface area contributed by atoms with Gasteiger partial charge in [0.2, 0.25) is 0 Å². The van der Waals surface area contributed by atoms with Gasteiger partial charge < -0.3 is 5.32 Å². The minimum atomic E-state index is -0.186. The molecule has 1 atom stereocenters. The quantitative estimate of drug-likeness (QED) is 0.867. The van der Waals surface area contributed by atoms with Crippen molar-refractivity contribution in [2.75, 3.05) is 7.05 Å². The van der Waals surface area contributed by atoms with Crippen LogP contribution in [0, 0.1) is 5.82 Å². The van der Waals surface area contributed by atoms with E-state index in [-0.39, 0.29) is 11.9 Å². The lowest BCUT2D eigenvalue weighted by Gasteiger charge is -2.26. The van der Waals surface area contributed by atoms with Crippen molar-refractivity contribution < 1.29 is 4.39 Å². The predicted octanol–water partition coefficient (Wildman–Crippen LogP) is 4.40. The molecule has 0 heterocycles. The van der Waals surface area contributed by atoms with Crippen LogP contribution in [0.2, 0.25) is 0 Å². The van der Waals surface area contributed by atoms with Crippen molar-refractivity contribution in [3.05, 3.63) is 71.0 Å². The molecular weight excluding hydrogens is 249 g/mol. The number of hydrogen-bond donors (Lipinski definition) is 1. The Kier molecular flexibility index (Phi) is 3.83. The average Bonchev–Trinajstić information content (AvgIpc) is 2.40. The van der Waals surface area contributed by atoms with Gasteiger partial charge in [0.05, 0.1) is 6.04 Å². The van der Waals surface area contributed by atoms with Gasteiger partial charge >= 0.3 is 0 Å². The van der Waals surface area contributed by atoms with E-state index in [1.54, 1.807) is 12.1 Å². The fourth-order valence-electron chi connectivity index (χ4n) is 2.91. The molecule has 2 aromatic carbocycles. The smallest absolute Gasteiger partial charge is 0.123 e. The van der Waals surface area contributed by atoms with Gasteiger partial charge in [-0.2, -0.15) is 0 Å². The molecule has 1 aliphatic carbocycles. The van der Waals surface area contributed by atoms with Crippen LogP contribution in [0.4, 0.5) is 4.39 Å². The van der Waals surface area contributed by atoms with Crippen molar-refractivity contribution in [1.29, 1.82) is 0 Å². The zero-order valence-corrected chi connectivity index (χ0v) is 11.8. The summed E-state index contributed by atoms with van der Waals surface area (Å²) in [7, 11) is 1.91. The van der Waals surface area contributed by atoms with E-state index in [4.69, 9.17) is 0 Å². The van der Waals surface area contributed by atoms with Gasteiger partial charge in [0.15, 0.2) is 0 Å². The summed E-state index contributed by atoms with van der Waals surface area (Å²) in [5.41, 5.74) is 3.58. The minimum absolute atomic E-state index is 0.0427. The first kappa shape index (κ1) is 13.3. The highest BCUT2D eigenvalue weighted by Crippen LogP contribution is 2.36. The van der Waals surface area contributed by atoms with Gasteiger partial charge in [-0.15, -0.1) is 0 Å². The lowest BCUT2D eigenvalue weighted by atomic mass is 9.79. The van der Waals surface area contributed by atoms with Crippen molar-refractivity contribution in [2.45, 2.75) is 31.2 Å². The van der Waals surface area contributed by atoms with Gasteiger partial charge in [-0.25, -0.2) is 4.39 Å². The second-order valence-electron chi connectivity index (χ2n) is 5.57. The summed E-state index contributed by atoms with van der Waals surface area (Å²) >= 11 is 0. The lowest BCUT2D eigenvalue weighted by Crippen LogP contribution is -2.18. The molecule has 2 aromatic rings. The molecule has 0 aliphatic heterocycles. The maximum absolute atomic E-state index is 13.4. The van der Waals surface area contributed by atoms with Crippen LogP contribution in [-0.2, 0) is 0 Å². The van der Waals surface area contributed by atoms with Crippen LogP contribution in [0.1, 0.15) is 47.9 Å². The predicted molar refractivity (Wildman–Crippen MR) is 80.3 cm³/mol. The highest BCUT2D eigenvalue weighted by Gasteiger charge is 2.20. The molecule has 1 aliphatic rings. The van der Waals surface area contributed by atoms with E-state index in [0.717, 1.165) is 11.5 Å². The Morgan fingerprint density at radius 3 is 2.35 bits per heavy atom. The molecule has 20 heavy (non-hydrogen) atoms. The second kappa shape index (κ2) is 5.76. The molecule has 3 rings (SSSR count). The van der Waals surface area contributed by atoms with Crippen LogP contribution >= 0.6 is 0 Å².